The molecule has 0 amide bonds. The molecule has 1 aliphatic rings. The summed E-state index contributed by atoms with van der Waals surface area (Å²) < 4.78 is 14.9. The van der Waals surface area contributed by atoms with E-state index in [1.165, 1.54) is 35.5 Å². The Morgan fingerprint density at radius 3 is 2.65 bits per heavy atom. The molecule has 0 N–H and O–H groups in total. The average Bonchev–Trinajstić information content (AvgIpc) is 2.83. The van der Waals surface area contributed by atoms with Crippen LogP contribution in [0.25, 0.3) is 0 Å². The van der Waals surface area contributed by atoms with E-state index in [2.05, 4.69) is 4.57 Å². The zero-order chi connectivity index (χ0) is 13.2. The Morgan fingerprint density at radius 2 is 1.90 bits per heavy atom. The summed E-state index contributed by atoms with van der Waals surface area (Å²) in [6.45, 7) is 0.359. The number of nitrogens with zero attached hydrogens (tertiary/aromatic N) is 1. The fraction of sp³-hybridized carbons (Fsp3) is 0.333. The van der Waals surface area contributed by atoms with Crippen LogP contribution in [0.1, 0.15) is 33.8 Å². The normalized spacial score (nSPS) is 13.4. The van der Waals surface area contributed by atoms with Crippen molar-refractivity contribution < 1.29 is 30.7 Å². The number of hydrogen-bond acceptors (Lipinski definition) is 2. The smallest absolute Gasteiger partial charge is 0.227 e. The van der Waals surface area contributed by atoms with Crippen LogP contribution >= 0.6 is 11.3 Å². The van der Waals surface area contributed by atoms with Gasteiger partial charge in [-0.25, -0.2) is 4.39 Å². The van der Waals surface area contributed by atoms with Gasteiger partial charge in [0, 0.05) is 12.0 Å². The number of ketones is 1. The lowest BCUT2D eigenvalue weighted by Gasteiger charge is -2.07. The van der Waals surface area contributed by atoms with E-state index < -0.39 is 0 Å². The van der Waals surface area contributed by atoms with Crippen molar-refractivity contribution in [2.45, 2.75) is 32.2 Å². The summed E-state index contributed by atoms with van der Waals surface area (Å²) >= 11 is 1.74. The van der Waals surface area contributed by atoms with Crippen LogP contribution in [0.2, 0.25) is 0 Å². The van der Waals surface area contributed by atoms with Crippen molar-refractivity contribution >= 4 is 17.1 Å². The van der Waals surface area contributed by atoms with Crippen molar-refractivity contribution in [2.24, 2.45) is 0 Å². The quantitative estimate of drug-likeness (QED) is 0.558. The fourth-order valence-corrected chi connectivity index (χ4v) is 3.57. The Hall–Kier alpha value is -1.07. The number of hydrogen-bond donors (Lipinski definition) is 0. The van der Waals surface area contributed by atoms with E-state index in [4.69, 9.17) is 0 Å². The lowest BCUT2D eigenvalue weighted by Crippen LogP contribution is -3.00. The number of thiazole rings is 1. The van der Waals surface area contributed by atoms with E-state index in [0.717, 1.165) is 12.8 Å². The minimum absolute atomic E-state index is 0. The third-order valence-electron chi connectivity index (χ3n) is 3.54. The topological polar surface area (TPSA) is 20.9 Å². The number of benzene rings is 1. The molecule has 0 fully saturated rings. The zero-order valence-electron chi connectivity index (χ0n) is 10.9. The maximum Gasteiger partial charge on any atom is 0.227 e. The molecule has 20 heavy (non-hydrogen) atoms. The van der Waals surface area contributed by atoms with Crippen molar-refractivity contribution in [2.75, 3.05) is 0 Å². The number of halogens is 2. The highest BCUT2D eigenvalue weighted by Crippen LogP contribution is 2.22. The highest BCUT2D eigenvalue weighted by Gasteiger charge is 2.24. The number of aromatic nitrogens is 1. The van der Waals surface area contributed by atoms with Gasteiger partial charge in [0.2, 0.25) is 17.8 Å². The molecule has 2 nitrogen and oxygen atoms in total. The second-order valence-corrected chi connectivity index (χ2v) is 5.80. The molecule has 0 atom stereocenters. The van der Waals surface area contributed by atoms with Crippen LogP contribution in [0.15, 0.2) is 29.8 Å². The molecule has 3 rings (SSSR count). The first-order valence-electron chi connectivity index (χ1n) is 6.51. The number of carbonyl (C=O) groups is 1. The van der Waals surface area contributed by atoms with Gasteiger partial charge in [-0.3, -0.25) is 4.79 Å². The third kappa shape index (κ3) is 3.15. The van der Waals surface area contributed by atoms with Crippen LogP contribution in [0.5, 0.6) is 0 Å². The van der Waals surface area contributed by atoms with Crippen molar-refractivity contribution in [1.29, 1.82) is 0 Å². The first-order chi connectivity index (χ1) is 9.24. The van der Waals surface area contributed by atoms with Crippen molar-refractivity contribution in [3.05, 3.63) is 51.7 Å². The Labute approximate surface area is 132 Å². The molecule has 2 aromatic rings. The summed E-state index contributed by atoms with van der Waals surface area (Å²) in [7, 11) is 0. The van der Waals surface area contributed by atoms with E-state index in [9.17, 15) is 9.18 Å². The van der Waals surface area contributed by atoms with Gasteiger partial charge in [-0.15, -0.1) is 0 Å². The summed E-state index contributed by atoms with van der Waals surface area (Å²) in [6.07, 6.45) is 4.65. The van der Waals surface area contributed by atoms with E-state index in [1.54, 1.807) is 23.5 Å². The lowest BCUT2D eigenvalue weighted by molar-refractivity contribution is -0.686. The molecule has 1 aromatic heterocycles. The zero-order valence-corrected chi connectivity index (χ0v) is 13.3. The lowest BCUT2D eigenvalue weighted by atomic mass is 10.0. The second-order valence-electron chi connectivity index (χ2n) is 4.86. The number of rotatable bonds is 3. The van der Waals surface area contributed by atoms with Gasteiger partial charge in [-0.1, -0.05) is 11.3 Å². The summed E-state index contributed by atoms with van der Waals surface area (Å²) in [5.41, 5.74) is 3.92. The van der Waals surface area contributed by atoms with Crippen molar-refractivity contribution in [3.63, 3.8) is 0 Å². The van der Waals surface area contributed by atoms with Crippen LogP contribution < -0.4 is 21.5 Å². The summed E-state index contributed by atoms with van der Waals surface area (Å²) in [4.78, 5) is 13.6. The second kappa shape index (κ2) is 6.59. The standard InChI is InChI=1S/C15H15FNOS.BrH/c16-12-7-5-11(6-8-12)14(18)9-17-10-19-15-4-2-1-3-13(15)17;/h5-8,10H,1-4,9H2;1H/q+1;/p-1. The largest absolute Gasteiger partial charge is 1.00 e. The molecule has 1 aliphatic carbocycles. The number of Topliss-reactive ketones (excluding diaryl/α,β-unsaturated/α-hetero) is 1. The van der Waals surface area contributed by atoms with E-state index in [-0.39, 0.29) is 28.6 Å². The molecular formula is C15H15BrFNOS. The molecule has 5 heteroatoms. The van der Waals surface area contributed by atoms with Crippen LogP contribution in [0.4, 0.5) is 4.39 Å². The predicted octanol–water partition coefficient (Wildman–Crippen LogP) is -0.0596. The number of carbonyl (C=O) groups excluding carboxylic acids is 1. The van der Waals surface area contributed by atoms with E-state index >= 15 is 0 Å². The van der Waals surface area contributed by atoms with Gasteiger partial charge in [0.1, 0.15) is 5.82 Å². The van der Waals surface area contributed by atoms with Gasteiger partial charge >= 0.3 is 0 Å². The first-order valence-corrected chi connectivity index (χ1v) is 7.39. The average molecular weight is 356 g/mol. The minimum atomic E-state index is -0.308. The Balaban J connectivity index is 0.00000147. The Morgan fingerprint density at radius 1 is 1.20 bits per heavy atom. The number of aryl methyl sites for hydroxylation is 1. The van der Waals surface area contributed by atoms with Crippen LogP contribution in [-0.2, 0) is 19.4 Å². The van der Waals surface area contributed by atoms with Gasteiger partial charge in [-0.05, 0) is 43.5 Å². The van der Waals surface area contributed by atoms with Gasteiger partial charge < -0.3 is 17.0 Å². The molecule has 1 heterocycles. The first kappa shape index (κ1) is 15.3. The number of fused-ring (bicyclic) bond motifs is 1. The molecule has 0 aliphatic heterocycles. The molecule has 0 spiro atoms. The monoisotopic (exact) mass is 355 g/mol. The molecule has 0 bridgehead atoms. The highest BCUT2D eigenvalue weighted by molar-refractivity contribution is 7.09. The van der Waals surface area contributed by atoms with Gasteiger partial charge in [0.05, 0.1) is 4.88 Å². The molecule has 0 saturated carbocycles. The van der Waals surface area contributed by atoms with Gasteiger partial charge in [0.25, 0.3) is 0 Å². The summed E-state index contributed by atoms with van der Waals surface area (Å²) in [5.74, 6) is -0.270. The Bertz CT molecular complexity index is 609. The molecule has 1 aromatic carbocycles. The van der Waals surface area contributed by atoms with Crippen molar-refractivity contribution in [3.8, 4) is 0 Å². The van der Waals surface area contributed by atoms with Crippen LogP contribution in [0.3, 0.4) is 0 Å². The summed E-state index contributed by atoms with van der Waals surface area (Å²) in [6, 6.07) is 5.77. The predicted molar refractivity (Wildman–Crippen MR) is 71.9 cm³/mol. The fourth-order valence-electron chi connectivity index (χ4n) is 2.50. The molecular weight excluding hydrogens is 341 g/mol. The van der Waals surface area contributed by atoms with Gasteiger partial charge in [-0.2, -0.15) is 4.57 Å². The molecule has 0 radical (unpaired) electrons. The van der Waals surface area contributed by atoms with Crippen LogP contribution in [-0.4, -0.2) is 5.78 Å². The minimum Gasteiger partial charge on any atom is -1.00 e. The molecule has 0 saturated heterocycles. The van der Waals surface area contributed by atoms with E-state index in [1.807, 2.05) is 5.51 Å². The highest BCUT2D eigenvalue weighted by atomic mass is 79.9. The summed E-state index contributed by atoms with van der Waals surface area (Å²) in [5, 5.41) is 0. The Kier molecular flexibility index (Phi) is 5.05. The SMILES string of the molecule is O=C(C[n+]1csc2c1CCCC2)c1ccc(F)cc1.[Br-]. The molecule has 0 unspecified atom stereocenters. The molecule has 106 valence electrons. The third-order valence-corrected chi connectivity index (χ3v) is 4.62. The van der Waals surface area contributed by atoms with E-state index in [0.29, 0.717) is 12.1 Å². The maximum atomic E-state index is 12.8. The maximum absolute atomic E-state index is 12.8. The van der Waals surface area contributed by atoms with Crippen molar-refractivity contribution in [1.82, 2.24) is 0 Å². The van der Waals surface area contributed by atoms with Crippen LogP contribution in [0, 0.1) is 5.82 Å². The van der Waals surface area contributed by atoms with Gasteiger partial charge in [0.15, 0.2) is 5.69 Å².